The first-order chi connectivity index (χ1) is 12.2. The lowest BCUT2D eigenvalue weighted by molar-refractivity contribution is -0.144. The van der Waals surface area contributed by atoms with E-state index in [0.29, 0.717) is 31.5 Å². The summed E-state index contributed by atoms with van der Waals surface area (Å²) in [6.45, 7) is 4.19. The molecule has 1 amide bonds. The number of carbonyl (C=O) groups is 1. The lowest BCUT2D eigenvalue weighted by Gasteiger charge is -2.33. The zero-order valence-electron chi connectivity index (χ0n) is 14.4. The average Bonchev–Trinajstić information content (AvgIpc) is 3.08. The second-order valence-corrected chi connectivity index (χ2v) is 6.90. The highest BCUT2D eigenvalue weighted by atomic mass is 16.5. The highest BCUT2D eigenvalue weighted by Gasteiger charge is 2.35. The zero-order chi connectivity index (χ0) is 17.2. The molecule has 0 N–H and O–H groups in total. The third kappa shape index (κ3) is 3.44. The van der Waals surface area contributed by atoms with Crippen LogP contribution in [0.2, 0.25) is 0 Å². The van der Waals surface area contributed by atoms with Gasteiger partial charge in [0.1, 0.15) is 12.2 Å². The Labute approximate surface area is 147 Å². The number of piperidine rings is 1. The second kappa shape index (κ2) is 6.96. The van der Waals surface area contributed by atoms with Gasteiger partial charge in [0.2, 0.25) is 5.88 Å². The van der Waals surface area contributed by atoms with E-state index in [2.05, 4.69) is 16.9 Å². The van der Waals surface area contributed by atoms with Crippen LogP contribution < -0.4 is 4.74 Å². The summed E-state index contributed by atoms with van der Waals surface area (Å²) in [6.07, 6.45) is 4.07. The Morgan fingerprint density at radius 1 is 1.20 bits per heavy atom. The number of benzene rings is 1. The molecule has 2 atom stereocenters. The van der Waals surface area contributed by atoms with Gasteiger partial charge in [0.05, 0.1) is 17.2 Å². The van der Waals surface area contributed by atoms with Gasteiger partial charge in [-0.1, -0.05) is 19.1 Å². The van der Waals surface area contributed by atoms with Crippen molar-refractivity contribution in [1.29, 1.82) is 0 Å². The number of nitrogens with zero attached hydrogens (tertiary/aromatic N) is 3. The number of hydrogen-bond donors (Lipinski definition) is 0. The van der Waals surface area contributed by atoms with E-state index in [9.17, 15) is 4.79 Å². The van der Waals surface area contributed by atoms with Crippen molar-refractivity contribution < 1.29 is 14.3 Å². The molecule has 132 valence electrons. The highest BCUT2D eigenvalue weighted by molar-refractivity contribution is 5.81. The van der Waals surface area contributed by atoms with Gasteiger partial charge in [0.25, 0.3) is 5.91 Å². The third-order valence-electron chi connectivity index (χ3n) is 5.10. The van der Waals surface area contributed by atoms with Gasteiger partial charge < -0.3 is 14.4 Å². The molecule has 2 saturated heterocycles. The second-order valence-electron chi connectivity index (χ2n) is 6.90. The third-order valence-corrected chi connectivity index (χ3v) is 5.10. The molecule has 4 rings (SSSR count). The molecule has 1 aromatic heterocycles. The van der Waals surface area contributed by atoms with Gasteiger partial charge in [-0.25, -0.2) is 9.97 Å². The van der Waals surface area contributed by atoms with Crippen molar-refractivity contribution in [2.75, 3.05) is 19.7 Å². The average molecular weight is 341 g/mol. The molecule has 0 unspecified atom stereocenters. The number of likely N-dealkylation sites (tertiary alicyclic amines) is 1. The number of fused-ring (bicyclic) bond motifs is 1. The fourth-order valence-corrected chi connectivity index (χ4v) is 3.55. The minimum atomic E-state index is -0.260. The number of ether oxygens (including phenoxy) is 2. The molecule has 2 fully saturated rings. The van der Waals surface area contributed by atoms with Crippen molar-refractivity contribution in [3.05, 3.63) is 30.5 Å². The highest BCUT2D eigenvalue weighted by Crippen LogP contribution is 2.24. The Morgan fingerprint density at radius 3 is 2.68 bits per heavy atom. The summed E-state index contributed by atoms with van der Waals surface area (Å²) in [5, 5.41) is 0. The molecule has 1 aromatic carbocycles. The number of aromatic nitrogens is 2. The normalized spacial score (nSPS) is 24.6. The SMILES string of the molecule is C[C@@H]1CCO[C@@H]1C(=O)N1CCC(Oc2cnc3ccccc3n2)CC1. The van der Waals surface area contributed by atoms with Crippen molar-refractivity contribution in [1.82, 2.24) is 14.9 Å². The Morgan fingerprint density at radius 2 is 1.96 bits per heavy atom. The topological polar surface area (TPSA) is 64.5 Å². The molecule has 0 bridgehead atoms. The van der Waals surface area contributed by atoms with Crippen LogP contribution in [0.25, 0.3) is 11.0 Å². The smallest absolute Gasteiger partial charge is 0.251 e. The van der Waals surface area contributed by atoms with Crippen LogP contribution >= 0.6 is 0 Å². The number of rotatable bonds is 3. The summed E-state index contributed by atoms with van der Waals surface area (Å²) < 4.78 is 11.6. The predicted molar refractivity (Wildman–Crippen MR) is 93.3 cm³/mol. The zero-order valence-corrected chi connectivity index (χ0v) is 14.4. The fraction of sp³-hybridized carbons (Fsp3) is 0.526. The van der Waals surface area contributed by atoms with Crippen LogP contribution in [0.5, 0.6) is 5.88 Å². The van der Waals surface area contributed by atoms with Gasteiger partial charge in [0.15, 0.2) is 0 Å². The van der Waals surface area contributed by atoms with E-state index in [1.165, 1.54) is 0 Å². The summed E-state index contributed by atoms with van der Waals surface area (Å²) in [5.41, 5.74) is 1.70. The molecule has 6 heteroatoms. The first-order valence-electron chi connectivity index (χ1n) is 8.99. The number of carbonyl (C=O) groups excluding carboxylic acids is 1. The predicted octanol–water partition coefficient (Wildman–Crippen LogP) is 2.42. The molecule has 3 heterocycles. The van der Waals surface area contributed by atoms with Crippen LogP contribution in [0.4, 0.5) is 0 Å². The van der Waals surface area contributed by atoms with E-state index >= 15 is 0 Å². The first-order valence-corrected chi connectivity index (χ1v) is 8.99. The van der Waals surface area contributed by atoms with Crippen molar-refractivity contribution >= 4 is 16.9 Å². The van der Waals surface area contributed by atoms with Gasteiger partial charge >= 0.3 is 0 Å². The van der Waals surface area contributed by atoms with Gasteiger partial charge in [-0.05, 0) is 24.5 Å². The van der Waals surface area contributed by atoms with Crippen LogP contribution in [0.3, 0.4) is 0 Å². The van der Waals surface area contributed by atoms with Crippen LogP contribution in [0.15, 0.2) is 30.5 Å². The van der Waals surface area contributed by atoms with Crippen LogP contribution in [-0.4, -0.2) is 52.7 Å². The van der Waals surface area contributed by atoms with Gasteiger partial charge in [0, 0.05) is 32.5 Å². The number of hydrogen-bond acceptors (Lipinski definition) is 5. The van der Waals surface area contributed by atoms with Gasteiger partial charge in [-0.3, -0.25) is 4.79 Å². The molecule has 2 aliphatic rings. The maximum Gasteiger partial charge on any atom is 0.251 e. The molecule has 0 spiro atoms. The van der Waals surface area contributed by atoms with Crippen LogP contribution in [-0.2, 0) is 9.53 Å². The summed E-state index contributed by atoms with van der Waals surface area (Å²) in [6, 6.07) is 7.75. The van der Waals surface area contributed by atoms with E-state index in [1.54, 1.807) is 6.20 Å². The van der Waals surface area contributed by atoms with Crippen molar-refractivity contribution in [2.45, 2.75) is 38.4 Å². The Hall–Kier alpha value is -2.21. The van der Waals surface area contributed by atoms with E-state index in [0.717, 1.165) is 30.3 Å². The molecule has 2 aliphatic heterocycles. The van der Waals surface area contributed by atoms with E-state index < -0.39 is 0 Å². The summed E-state index contributed by atoms with van der Waals surface area (Å²) in [4.78, 5) is 23.4. The fourth-order valence-electron chi connectivity index (χ4n) is 3.55. The monoisotopic (exact) mass is 341 g/mol. The van der Waals surface area contributed by atoms with E-state index in [1.807, 2.05) is 29.2 Å². The molecule has 2 aromatic rings. The minimum absolute atomic E-state index is 0.0708. The molecular weight excluding hydrogens is 318 g/mol. The van der Waals surface area contributed by atoms with Crippen molar-refractivity contribution in [3.8, 4) is 5.88 Å². The van der Waals surface area contributed by atoms with Crippen molar-refractivity contribution in [3.63, 3.8) is 0 Å². The molecule has 0 radical (unpaired) electrons. The first kappa shape index (κ1) is 16.3. The molecule has 25 heavy (non-hydrogen) atoms. The number of para-hydroxylation sites is 2. The molecule has 0 aliphatic carbocycles. The summed E-state index contributed by atoms with van der Waals surface area (Å²) in [5.74, 6) is 1.000. The molecule has 6 nitrogen and oxygen atoms in total. The van der Waals surface area contributed by atoms with Crippen LogP contribution in [0.1, 0.15) is 26.2 Å². The van der Waals surface area contributed by atoms with E-state index in [-0.39, 0.29) is 18.1 Å². The maximum absolute atomic E-state index is 12.6. The molecule has 0 saturated carbocycles. The Balaban J connectivity index is 1.34. The quantitative estimate of drug-likeness (QED) is 0.858. The van der Waals surface area contributed by atoms with Gasteiger partial charge in [-0.2, -0.15) is 0 Å². The number of amides is 1. The maximum atomic E-state index is 12.6. The Bertz CT molecular complexity index is 758. The lowest BCUT2D eigenvalue weighted by atomic mass is 10.0. The summed E-state index contributed by atoms with van der Waals surface area (Å²) in [7, 11) is 0. The molecular formula is C19H23N3O3. The minimum Gasteiger partial charge on any atom is -0.473 e. The lowest BCUT2D eigenvalue weighted by Crippen LogP contribution is -2.47. The van der Waals surface area contributed by atoms with E-state index in [4.69, 9.17) is 9.47 Å². The van der Waals surface area contributed by atoms with Crippen molar-refractivity contribution in [2.24, 2.45) is 5.92 Å². The standard InChI is InChI=1S/C19H23N3O3/c1-13-8-11-24-18(13)19(23)22-9-6-14(7-10-22)25-17-12-20-15-4-2-3-5-16(15)21-17/h2-5,12-14,18H,6-11H2,1H3/t13-,18+/m1/s1. The summed E-state index contributed by atoms with van der Waals surface area (Å²) >= 11 is 0. The Kier molecular flexibility index (Phi) is 4.53. The largest absolute Gasteiger partial charge is 0.473 e. The van der Waals surface area contributed by atoms with Gasteiger partial charge in [-0.15, -0.1) is 0 Å². The van der Waals surface area contributed by atoms with Crippen LogP contribution in [0, 0.1) is 5.92 Å².